The summed E-state index contributed by atoms with van der Waals surface area (Å²) in [4.78, 5) is 20.1. The third-order valence-electron chi connectivity index (χ3n) is 7.06. The highest BCUT2D eigenvalue weighted by molar-refractivity contribution is 5.98. The molecule has 7 nitrogen and oxygen atoms in total. The standard InChI is InChI=1S/C27H27F3N6O/c1-5-17-12-19-25(33-34(4)26(19)16-10-20(28)24(30)21(29)11-16)22(6-2)36(17)27(37)18-8-7-15(3)9-23(18)35-14-31-13-32-35/h7-11,13-14,17,22H,5-6,12H2,1-4H3. The minimum Gasteiger partial charge on any atom is -0.327 e. The van der Waals surface area contributed by atoms with E-state index in [0.29, 0.717) is 41.9 Å². The van der Waals surface area contributed by atoms with E-state index in [-0.39, 0.29) is 23.6 Å². The van der Waals surface area contributed by atoms with Crippen LogP contribution in [0.2, 0.25) is 0 Å². The van der Waals surface area contributed by atoms with E-state index in [1.54, 1.807) is 28.8 Å². The normalized spacial score (nSPS) is 17.2. The Kier molecular flexibility index (Phi) is 6.35. The molecule has 0 bridgehead atoms. The maximum Gasteiger partial charge on any atom is 0.256 e. The lowest BCUT2D eigenvalue weighted by atomic mass is 9.87. The lowest BCUT2D eigenvalue weighted by Gasteiger charge is -2.41. The number of carbonyl (C=O) groups excluding carboxylic acids is 1. The zero-order valence-electron chi connectivity index (χ0n) is 21.0. The number of hydrogen-bond acceptors (Lipinski definition) is 4. The Hall–Kier alpha value is -3.95. The summed E-state index contributed by atoms with van der Waals surface area (Å²) in [5.41, 5.74) is 4.34. The second-order valence-corrected chi connectivity index (χ2v) is 9.35. The van der Waals surface area contributed by atoms with Crippen molar-refractivity contribution in [2.24, 2.45) is 7.05 Å². The molecule has 0 spiro atoms. The van der Waals surface area contributed by atoms with Crippen LogP contribution in [0.3, 0.4) is 0 Å². The molecule has 10 heteroatoms. The minimum absolute atomic E-state index is 0.152. The van der Waals surface area contributed by atoms with Crippen molar-refractivity contribution in [3.8, 4) is 16.9 Å². The molecule has 1 aliphatic heterocycles. The van der Waals surface area contributed by atoms with Crippen molar-refractivity contribution in [1.29, 1.82) is 0 Å². The van der Waals surface area contributed by atoms with Crippen molar-refractivity contribution in [1.82, 2.24) is 29.4 Å². The molecule has 2 aromatic heterocycles. The summed E-state index contributed by atoms with van der Waals surface area (Å²) in [6.45, 7) is 5.93. The molecule has 0 radical (unpaired) electrons. The first-order chi connectivity index (χ1) is 17.7. The van der Waals surface area contributed by atoms with Gasteiger partial charge in [-0.3, -0.25) is 9.48 Å². The van der Waals surface area contributed by atoms with Gasteiger partial charge in [-0.2, -0.15) is 10.2 Å². The van der Waals surface area contributed by atoms with Crippen molar-refractivity contribution < 1.29 is 18.0 Å². The van der Waals surface area contributed by atoms with Crippen LogP contribution >= 0.6 is 0 Å². The van der Waals surface area contributed by atoms with Crippen LogP contribution in [0.4, 0.5) is 13.2 Å². The highest BCUT2D eigenvalue weighted by Gasteiger charge is 2.40. The maximum atomic E-state index is 14.2. The molecular weight excluding hydrogens is 481 g/mol. The van der Waals surface area contributed by atoms with E-state index in [9.17, 15) is 18.0 Å². The maximum absolute atomic E-state index is 14.2. The Labute approximate surface area is 212 Å². The number of nitrogens with zero attached hydrogens (tertiary/aromatic N) is 6. The fourth-order valence-corrected chi connectivity index (χ4v) is 5.35. The second-order valence-electron chi connectivity index (χ2n) is 9.35. The zero-order valence-corrected chi connectivity index (χ0v) is 21.0. The average Bonchev–Trinajstić information content (AvgIpc) is 3.53. The first-order valence-electron chi connectivity index (χ1n) is 12.2. The van der Waals surface area contributed by atoms with E-state index in [0.717, 1.165) is 23.3 Å². The zero-order chi connectivity index (χ0) is 26.4. The minimum atomic E-state index is -1.50. The third kappa shape index (κ3) is 4.10. The molecule has 1 amide bonds. The number of hydrogen-bond donors (Lipinski definition) is 0. The molecule has 192 valence electrons. The number of rotatable bonds is 5. The summed E-state index contributed by atoms with van der Waals surface area (Å²) < 4.78 is 45.0. The van der Waals surface area contributed by atoms with Crippen LogP contribution in [-0.2, 0) is 13.5 Å². The Morgan fingerprint density at radius 3 is 2.43 bits per heavy atom. The number of amides is 1. The monoisotopic (exact) mass is 508 g/mol. The van der Waals surface area contributed by atoms with Gasteiger partial charge in [-0.25, -0.2) is 22.8 Å². The predicted octanol–water partition coefficient (Wildman–Crippen LogP) is 5.32. The molecule has 2 aromatic carbocycles. The molecule has 0 saturated heterocycles. The summed E-state index contributed by atoms with van der Waals surface area (Å²) in [6.07, 6.45) is 4.67. The highest BCUT2D eigenvalue weighted by Crippen LogP contribution is 2.41. The topological polar surface area (TPSA) is 68.8 Å². The van der Waals surface area contributed by atoms with Gasteiger partial charge in [0.15, 0.2) is 17.5 Å². The number of fused-ring (bicyclic) bond motifs is 1. The molecule has 2 unspecified atom stereocenters. The smallest absolute Gasteiger partial charge is 0.256 e. The lowest BCUT2D eigenvalue weighted by molar-refractivity contribution is 0.0513. The third-order valence-corrected chi connectivity index (χ3v) is 7.06. The van der Waals surface area contributed by atoms with Gasteiger partial charge in [-0.15, -0.1) is 0 Å². The van der Waals surface area contributed by atoms with Gasteiger partial charge in [0.2, 0.25) is 0 Å². The Balaban J connectivity index is 1.62. The molecule has 5 rings (SSSR count). The highest BCUT2D eigenvalue weighted by atomic mass is 19.2. The molecule has 1 aliphatic rings. The summed E-state index contributed by atoms with van der Waals surface area (Å²) in [7, 11) is 1.69. The fraction of sp³-hybridized carbons (Fsp3) is 0.333. The SMILES string of the molecule is CCC1Cc2c(nn(C)c2-c2cc(F)c(F)c(F)c2)C(CC)N1C(=O)c1ccc(C)cc1-n1cncn1. The molecule has 0 saturated carbocycles. The Morgan fingerprint density at radius 1 is 1.08 bits per heavy atom. The van der Waals surface area contributed by atoms with Crippen LogP contribution in [-0.4, -0.2) is 41.4 Å². The van der Waals surface area contributed by atoms with E-state index < -0.39 is 17.5 Å². The van der Waals surface area contributed by atoms with Gasteiger partial charge in [-0.1, -0.05) is 19.9 Å². The quantitative estimate of drug-likeness (QED) is 0.342. The average molecular weight is 509 g/mol. The van der Waals surface area contributed by atoms with Gasteiger partial charge in [0.1, 0.15) is 12.7 Å². The van der Waals surface area contributed by atoms with Crippen LogP contribution in [0.15, 0.2) is 43.0 Å². The van der Waals surface area contributed by atoms with Gasteiger partial charge in [0, 0.05) is 24.2 Å². The van der Waals surface area contributed by atoms with Crippen molar-refractivity contribution >= 4 is 5.91 Å². The molecule has 0 fully saturated rings. The number of aromatic nitrogens is 5. The van der Waals surface area contributed by atoms with Crippen LogP contribution < -0.4 is 0 Å². The molecule has 0 N–H and O–H groups in total. The summed E-state index contributed by atoms with van der Waals surface area (Å²) in [5.74, 6) is -4.16. The van der Waals surface area contributed by atoms with Crippen LogP contribution in [0.1, 0.15) is 59.9 Å². The molecule has 3 heterocycles. The number of benzene rings is 2. The fourth-order valence-electron chi connectivity index (χ4n) is 5.35. The van der Waals surface area contributed by atoms with E-state index in [4.69, 9.17) is 5.10 Å². The van der Waals surface area contributed by atoms with E-state index in [1.807, 2.05) is 37.8 Å². The largest absolute Gasteiger partial charge is 0.327 e. The predicted molar refractivity (Wildman–Crippen MR) is 132 cm³/mol. The molecule has 0 aliphatic carbocycles. The molecular formula is C27H27F3N6O. The molecule has 37 heavy (non-hydrogen) atoms. The van der Waals surface area contributed by atoms with Crippen molar-refractivity contribution in [2.45, 2.75) is 52.1 Å². The van der Waals surface area contributed by atoms with Crippen LogP contribution in [0, 0.1) is 24.4 Å². The summed E-state index contributed by atoms with van der Waals surface area (Å²) >= 11 is 0. The second kappa shape index (κ2) is 9.49. The van der Waals surface area contributed by atoms with Gasteiger partial charge < -0.3 is 4.90 Å². The van der Waals surface area contributed by atoms with Gasteiger partial charge >= 0.3 is 0 Å². The van der Waals surface area contributed by atoms with Gasteiger partial charge in [0.25, 0.3) is 5.91 Å². The Morgan fingerprint density at radius 2 is 1.81 bits per heavy atom. The number of aryl methyl sites for hydroxylation is 2. The Bertz CT molecular complexity index is 1460. The van der Waals surface area contributed by atoms with Crippen molar-refractivity contribution in [3.05, 3.63) is 82.8 Å². The van der Waals surface area contributed by atoms with Gasteiger partial charge in [0.05, 0.1) is 28.7 Å². The molecule has 2 atom stereocenters. The van der Waals surface area contributed by atoms with E-state index >= 15 is 0 Å². The first-order valence-corrected chi connectivity index (χ1v) is 12.2. The molecule has 4 aromatic rings. The van der Waals surface area contributed by atoms with E-state index in [1.165, 1.54) is 6.33 Å². The van der Waals surface area contributed by atoms with Crippen LogP contribution in [0.25, 0.3) is 16.9 Å². The van der Waals surface area contributed by atoms with Gasteiger partial charge in [-0.05, 0) is 56.0 Å². The van der Waals surface area contributed by atoms with Crippen molar-refractivity contribution in [2.75, 3.05) is 0 Å². The van der Waals surface area contributed by atoms with E-state index in [2.05, 4.69) is 10.1 Å². The first kappa shape index (κ1) is 24.7. The van der Waals surface area contributed by atoms with Crippen LogP contribution in [0.5, 0.6) is 0 Å². The lowest BCUT2D eigenvalue weighted by Crippen LogP contribution is -2.47. The number of carbonyl (C=O) groups is 1. The summed E-state index contributed by atoms with van der Waals surface area (Å²) in [5, 5.41) is 8.93. The number of halogens is 3. The summed E-state index contributed by atoms with van der Waals surface area (Å²) in [6, 6.07) is 7.03. The van der Waals surface area contributed by atoms with Crippen molar-refractivity contribution in [3.63, 3.8) is 0 Å².